The molecule has 2 atom stereocenters. The fraction of sp³-hybridized carbons (Fsp3) is 0.537. The second kappa shape index (κ2) is 14.7. The molecule has 3 aliphatic rings. The number of halogens is 3. The van der Waals surface area contributed by atoms with E-state index in [4.69, 9.17) is 19.2 Å². The third kappa shape index (κ3) is 6.63. The topological polar surface area (TPSA) is 72.8 Å². The van der Waals surface area contributed by atoms with Gasteiger partial charge in [-0.2, -0.15) is 4.98 Å². The van der Waals surface area contributed by atoms with E-state index in [1.54, 1.807) is 24.4 Å². The minimum absolute atomic E-state index is 0.00211. The van der Waals surface area contributed by atoms with Crippen molar-refractivity contribution in [3.05, 3.63) is 47.7 Å². The lowest BCUT2D eigenvalue weighted by molar-refractivity contribution is 0.0512. The van der Waals surface area contributed by atoms with Gasteiger partial charge in [-0.1, -0.05) is 53.5 Å². The highest BCUT2D eigenvalue weighted by Gasteiger charge is 2.49. The number of benzene rings is 2. The van der Waals surface area contributed by atoms with Crippen LogP contribution in [0.25, 0.3) is 32.9 Å². The fourth-order valence-corrected chi connectivity index (χ4v) is 14.4. The van der Waals surface area contributed by atoms with Gasteiger partial charge in [0.2, 0.25) is 0 Å². The summed E-state index contributed by atoms with van der Waals surface area (Å²) in [6, 6.07) is 6.56. The van der Waals surface area contributed by atoms with Crippen LogP contribution in [-0.2, 0) is 4.74 Å². The van der Waals surface area contributed by atoms with Crippen LogP contribution in [0, 0.1) is 23.1 Å². The van der Waals surface area contributed by atoms with Gasteiger partial charge in [0, 0.05) is 50.3 Å². The van der Waals surface area contributed by atoms with Crippen LogP contribution >= 0.6 is 0 Å². The van der Waals surface area contributed by atoms with Crippen molar-refractivity contribution in [1.82, 2.24) is 19.9 Å². The molecule has 12 heteroatoms. The largest absolute Gasteiger partial charge is 0.468 e. The molecule has 2 aromatic carbocycles. The molecule has 7 rings (SSSR count). The van der Waals surface area contributed by atoms with E-state index in [1.165, 1.54) is 13.2 Å². The molecule has 3 fully saturated rings. The van der Waals surface area contributed by atoms with E-state index in [2.05, 4.69) is 72.8 Å². The van der Waals surface area contributed by atoms with Crippen LogP contribution in [0.4, 0.5) is 19.0 Å². The van der Waals surface area contributed by atoms with Gasteiger partial charge in [0.15, 0.2) is 12.6 Å². The molecule has 0 radical (unpaired) electrons. The number of ether oxygens (including phenoxy) is 3. The lowest BCUT2D eigenvalue weighted by Crippen LogP contribution is -2.43. The van der Waals surface area contributed by atoms with E-state index in [0.717, 1.165) is 38.9 Å². The second-order valence-corrected chi connectivity index (χ2v) is 21.5. The second-order valence-electron chi connectivity index (χ2n) is 15.9. The van der Waals surface area contributed by atoms with Gasteiger partial charge in [0.1, 0.15) is 49.4 Å². The standard InChI is InChI=1S/C41H50F3N5O3Si/c1-25(2)53(26(3)4,27(5)6)17-12-31-34(43)11-10-28-18-30(52-24-50-7)19-32(35(28)31)37-36(44)38-33(39(46-37)48-14-9-15-48)21-45-40(47-38)51-23-41-13-8-16-49(41)22-29(42)20-41/h10-11,18-19,21,25-27,29H,8-9,13-16,20,22-24H2,1-7H3/t29-,41+/m1/s1. The Labute approximate surface area is 311 Å². The van der Waals surface area contributed by atoms with Crippen LogP contribution in [0.15, 0.2) is 30.5 Å². The van der Waals surface area contributed by atoms with Crippen molar-refractivity contribution < 1.29 is 27.4 Å². The molecule has 4 aromatic rings. The lowest BCUT2D eigenvalue weighted by Gasteiger charge is -2.38. The molecule has 0 saturated carbocycles. The Morgan fingerprint density at radius 3 is 2.42 bits per heavy atom. The molecule has 282 valence electrons. The van der Waals surface area contributed by atoms with Crippen molar-refractivity contribution >= 4 is 35.6 Å². The summed E-state index contributed by atoms with van der Waals surface area (Å²) in [4.78, 5) is 18.3. The first-order valence-corrected chi connectivity index (χ1v) is 21.2. The van der Waals surface area contributed by atoms with Gasteiger partial charge in [-0.15, -0.1) is 5.54 Å². The predicted molar refractivity (Wildman–Crippen MR) is 206 cm³/mol. The Bertz CT molecular complexity index is 2060. The molecule has 3 saturated heterocycles. The number of rotatable bonds is 11. The first-order chi connectivity index (χ1) is 25.4. The molecule has 0 unspecified atom stereocenters. The smallest absolute Gasteiger partial charge is 0.317 e. The molecular weight excluding hydrogens is 696 g/mol. The summed E-state index contributed by atoms with van der Waals surface area (Å²) in [5.41, 5.74) is 4.85. The molecule has 8 nitrogen and oxygen atoms in total. The third-order valence-electron chi connectivity index (χ3n) is 11.9. The van der Waals surface area contributed by atoms with Crippen LogP contribution in [-0.4, -0.2) is 86.3 Å². The summed E-state index contributed by atoms with van der Waals surface area (Å²) in [6.07, 6.45) is 3.82. The van der Waals surface area contributed by atoms with Gasteiger partial charge < -0.3 is 19.1 Å². The quantitative estimate of drug-likeness (QED) is 0.0857. The van der Waals surface area contributed by atoms with Gasteiger partial charge in [0.25, 0.3) is 0 Å². The van der Waals surface area contributed by atoms with Gasteiger partial charge in [0.05, 0.1) is 16.5 Å². The molecule has 0 aliphatic carbocycles. The van der Waals surface area contributed by atoms with Crippen LogP contribution in [0.2, 0.25) is 16.6 Å². The first kappa shape index (κ1) is 37.4. The van der Waals surface area contributed by atoms with E-state index in [9.17, 15) is 4.39 Å². The molecule has 3 aliphatic heterocycles. The number of hydrogen-bond acceptors (Lipinski definition) is 8. The third-order valence-corrected chi connectivity index (χ3v) is 18.2. The van der Waals surface area contributed by atoms with Crippen molar-refractivity contribution in [2.45, 2.75) is 95.6 Å². The number of anilines is 1. The van der Waals surface area contributed by atoms with Gasteiger partial charge >= 0.3 is 6.01 Å². The average molecular weight is 746 g/mol. The molecule has 0 bridgehead atoms. The first-order valence-electron chi connectivity index (χ1n) is 18.9. The molecular formula is C41H50F3N5O3Si. The van der Waals surface area contributed by atoms with E-state index in [-0.39, 0.29) is 36.2 Å². The normalized spacial score (nSPS) is 20.4. The zero-order valence-corrected chi connectivity index (χ0v) is 32.9. The summed E-state index contributed by atoms with van der Waals surface area (Å²) in [7, 11) is -0.748. The highest BCUT2D eigenvalue weighted by atomic mass is 28.3. The average Bonchev–Trinajstić information content (AvgIpc) is 3.62. The lowest BCUT2D eigenvalue weighted by atomic mass is 9.95. The van der Waals surface area contributed by atoms with Crippen molar-refractivity contribution in [3.8, 4) is 34.5 Å². The van der Waals surface area contributed by atoms with Gasteiger partial charge in [-0.3, -0.25) is 4.90 Å². The highest BCUT2D eigenvalue weighted by molar-refractivity contribution is 6.90. The zero-order valence-electron chi connectivity index (χ0n) is 31.9. The number of aromatic nitrogens is 3. The Morgan fingerprint density at radius 1 is 0.981 bits per heavy atom. The van der Waals surface area contributed by atoms with E-state index < -0.39 is 31.4 Å². The number of nitrogens with zero attached hydrogens (tertiary/aromatic N) is 5. The van der Waals surface area contributed by atoms with Crippen LogP contribution < -0.4 is 14.4 Å². The Kier molecular flexibility index (Phi) is 10.4. The number of methoxy groups -OCH3 is 1. The highest BCUT2D eigenvalue weighted by Crippen LogP contribution is 2.44. The number of alkyl halides is 1. The number of fused-ring (bicyclic) bond motifs is 3. The van der Waals surface area contributed by atoms with E-state index in [0.29, 0.717) is 62.9 Å². The van der Waals surface area contributed by atoms with Crippen molar-refractivity contribution in [2.75, 3.05) is 51.6 Å². The summed E-state index contributed by atoms with van der Waals surface area (Å²) in [5, 5.41) is 1.54. The fourth-order valence-electron chi connectivity index (χ4n) is 9.22. The summed E-state index contributed by atoms with van der Waals surface area (Å²) >= 11 is 0. The predicted octanol–water partition coefficient (Wildman–Crippen LogP) is 8.84. The van der Waals surface area contributed by atoms with Gasteiger partial charge in [-0.25, -0.2) is 23.1 Å². The van der Waals surface area contributed by atoms with Gasteiger partial charge in [-0.05, 0) is 66.0 Å². The number of pyridine rings is 1. The van der Waals surface area contributed by atoms with E-state index in [1.807, 2.05) is 0 Å². The maximum absolute atomic E-state index is 17.3. The van der Waals surface area contributed by atoms with Crippen LogP contribution in [0.1, 0.15) is 72.8 Å². The molecule has 2 aromatic heterocycles. The summed E-state index contributed by atoms with van der Waals surface area (Å²) < 4.78 is 65.2. The zero-order chi connectivity index (χ0) is 37.7. The monoisotopic (exact) mass is 745 g/mol. The Hall–Kier alpha value is -3.92. The SMILES string of the molecule is COCOc1cc(-c2nc(N3CCC3)c3cnc(OC[C@@]45CCCN4C[C@H](F)C5)nc3c2F)c2c(C#C[Si](C(C)C)(C(C)C)C(C)C)c(F)ccc2c1. The van der Waals surface area contributed by atoms with Crippen LogP contribution in [0.5, 0.6) is 11.8 Å². The van der Waals surface area contributed by atoms with Crippen molar-refractivity contribution in [2.24, 2.45) is 0 Å². The Morgan fingerprint density at radius 2 is 1.74 bits per heavy atom. The van der Waals surface area contributed by atoms with Crippen molar-refractivity contribution in [3.63, 3.8) is 0 Å². The summed E-state index contributed by atoms with van der Waals surface area (Å²) in [5.74, 6) is 3.12. The number of hydrogen-bond donors (Lipinski definition) is 0. The minimum atomic E-state index is -2.27. The maximum Gasteiger partial charge on any atom is 0.317 e. The molecule has 0 spiro atoms. The molecule has 0 amide bonds. The van der Waals surface area contributed by atoms with Crippen molar-refractivity contribution in [1.29, 1.82) is 0 Å². The van der Waals surface area contributed by atoms with E-state index >= 15 is 8.78 Å². The molecule has 53 heavy (non-hydrogen) atoms. The van der Waals surface area contributed by atoms with Crippen LogP contribution in [0.3, 0.4) is 0 Å². The summed E-state index contributed by atoms with van der Waals surface area (Å²) in [6.45, 7) is 16.2. The maximum atomic E-state index is 17.3. The molecule has 0 N–H and O–H groups in total. The minimum Gasteiger partial charge on any atom is -0.468 e. The Balaban J connectivity index is 1.43. The molecule has 5 heterocycles.